The van der Waals surface area contributed by atoms with Gasteiger partial charge in [0.1, 0.15) is 10.8 Å². The maximum absolute atomic E-state index is 12.2. The lowest BCUT2D eigenvalue weighted by atomic mass is 10.2. The van der Waals surface area contributed by atoms with Gasteiger partial charge in [-0.2, -0.15) is 8.78 Å². The molecule has 0 spiro atoms. The van der Waals surface area contributed by atoms with Gasteiger partial charge in [0.05, 0.1) is 18.8 Å². The molecule has 1 aromatic heterocycles. The zero-order chi connectivity index (χ0) is 18.4. The molecule has 2 aromatic rings. The first-order valence-electron chi connectivity index (χ1n) is 7.81. The maximum Gasteiger partial charge on any atom is 0.387 e. The van der Waals surface area contributed by atoms with E-state index in [1.54, 1.807) is 12.1 Å². The topological polar surface area (TPSA) is 54.5 Å². The molecule has 0 bridgehead atoms. The molecule has 0 aliphatic carbocycles. The number of hydrogen-bond donors (Lipinski definition) is 1. The van der Waals surface area contributed by atoms with Crippen LogP contribution in [-0.2, 0) is 11.3 Å². The largest absolute Gasteiger partial charge is 0.435 e. The van der Waals surface area contributed by atoms with Crippen LogP contribution in [0.4, 0.5) is 8.78 Å². The number of rotatable bonds is 8. The second-order valence-electron chi connectivity index (χ2n) is 5.92. The van der Waals surface area contributed by atoms with Gasteiger partial charge in [-0.15, -0.1) is 11.3 Å². The minimum atomic E-state index is -2.83. The number of nitrogens with one attached hydrogen (secondary N) is 1. The van der Waals surface area contributed by atoms with Crippen LogP contribution in [0.25, 0.3) is 11.3 Å². The average molecular weight is 369 g/mol. The van der Waals surface area contributed by atoms with E-state index in [9.17, 15) is 13.6 Å². The number of likely N-dealkylation sites (N-methyl/N-ethyl adjacent to an activating group) is 1. The second-order valence-corrected chi connectivity index (χ2v) is 6.87. The molecular formula is C17H21F2N3O2S. The number of carbonyl (C=O) groups is 1. The molecule has 0 saturated carbocycles. The molecule has 0 fully saturated rings. The molecule has 0 aliphatic heterocycles. The molecule has 0 unspecified atom stereocenters. The molecule has 0 saturated heterocycles. The Hall–Kier alpha value is -2.06. The van der Waals surface area contributed by atoms with Gasteiger partial charge in [-0.25, -0.2) is 4.98 Å². The lowest BCUT2D eigenvalue weighted by molar-refractivity contribution is -0.122. The number of nitrogens with zero attached hydrogens (tertiary/aromatic N) is 2. The fourth-order valence-electron chi connectivity index (χ4n) is 2.22. The zero-order valence-electron chi connectivity index (χ0n) is 14.3. The van der Waals surface area contributed by atoms with E-state index in [4.69, 9.17) is 0 Å². The van der Waals surface area contributed by atoms with Crippen molar-refractivity contribution in [1.29, 1.82) is 0 Å². The Balaban J connectivity index is 1.94. The standard InChI is InChI=1S/C17H21F2N3O2S/c1-11(2)20-15(23)8-22(3)9-16-21-14(10-25-16)12-4-6-13(7-5-12)24-17(18)19/h4-7,10-11,17H,8-9H2,1-3H3,(H,20,23). The Morgan fingerprint density at radius 1 is 1.32 bits per heavy atom. The van der Waals surface area contributed by atoms with Crippen LogP contribution in [0.1, 0.15) is 18.9 Å². The second kappa shape index (κ2) is 8.87. The van der Waals surface area contributed by atoms with Crippen molar-refractivity contribution in [3.8, 4) is 17.0 Å². The van der Waals surface area contributed by atoms with Crippen LogP contribution in [0.15, 0.2) is 29.6 Å². The van der Waals surface area contributed by atoms with Crippen LogP contribution in [-0.4, -0.2) is 42.0 Å². The van der Waals surface area contributed by atoms with Gasteiger partial charge < -0.3 is 10.1 Å². The van der Waals surface area contributed by atoms with Gasteiger partial charge in [0.25, 0.3) is 0 Å². The molecule has 1 N–H and O–H groups in total. The molecule has 136 valence electrons. The molecule has 0 aliphatic rings. The summed E-state index contributed by atoms with van der Waals surface area (Å²) in [6, 6.07) is 6.47. The number of aromatic nitrogens is 1. The first kappa shape index (κ1) is 19.3. The first-order chi connectivity index (χ1) is 11.8. The van der Waals surface area contributed by atoms with Crippen LogP contribution < -0.4 is 10.1 Å². The Morgan fingerprint density at radius 3 is 2.60 bits per heavy atom. The highest BCUT2D eigenvalue weighted by atomic mass is 32.1. The SMILES string of the molecule is CC(C)NC(=O)CN(C)Cc1nc(-c2ccc(OC(F)F)cc2)cs1. The first-order valence-corrected chi connectivity index (χ1v) is 8.69. The van der Waals surface area contributed by atoms with Crippen molar-refractivity contribution in [2.45, 2.75) is 33.0 Å². The predicted octanol–water partition coefficient (Wildman–Crippen LogP) is 3.37. The van der Waals surface area contributed by atoms with Gasteiger partial charge in [-0.1, -0.05) is 0 Å². The Kier molecular flexibility index (Phi) is 6.83. The van der Waals surface area contributed by atoms with E-state index in [1.807, 2.05) is 31.2 Å². The van der Waals surface area contributed by atoms with Crippen molar-refractivity contribution in [2.24, 2.45) is 0 Å². The summed E-state index contributed by atoms with van der Waals surface area (Å²) in [6.45, 7) is 1.86. The van der Waals surface area contributed by atoms with E-state index in [1.165, 1.54) is 23.5 Å². The third kappa shape index (κ3) is 6.39. The highest BCUT2D eigenvalue weighted by molar-refractivity contribution is 7.09. The average Bonchev–Trinajstić information content (AvgIpc) is 2.94. The maximum atomic E-state index is 12.2. The molecule has 1 aromatic carbocycles. The number of benzene rings is 1. The van der Waals surface area contributed by atoms with Gasteiger partial charge in [-0.05, 0) is 45.2 Å². The summed E-state index contributed by atoms with van der Waals surface area (Å²) < 4.78 is 28.7. The lowest BCUT2D eigenvalue weighted by Crippen LogP contribution is -2.38. The van der Waals surface area contributed by atoms with Crippen molar-refractivity contribution in [3.63, 3.8) is 0 Å². The van der Waals surface area contributed by atoms with Crippen molar-refractivity contribution >= 4 is 17.2 Å². The summed E-state index contributed by atoms with van der Waals surface area (Å²) in [4.78, 5) is 18.2. The molecule has 0 atom stereocenters. The molecule has 1 amide bonds. The van der Waals surface area contributed by atoms with Crippen molar-refractivity contribution in [2.75, 3.05) is 13.6 Å². The smallest absolute Gasteiger partial charge is 0.387 e. The lowest BCUT2D eigenvalue weighted by Gasteiger charge is -2.16. The number of amides is 1. The Labute approximate surface area is 149 Å². The fourth-order valence-corrected chi connectivity index (χ4v) is 3.11. The van der Waals surface area contributed by atoms with E-state index in [0.717, 1.165) is 16.3 Å². The minimum Gasteiger partial charge on any atom is -0.435 e. The molecule has 5 nitrogen and oxygen atoms in total. The summed E-state index contributed by atoms with van der Waals surface area (Å²) in [7, 11) is 1.86. The number of carbonyl (C=O) groups excluding carboxylic acids is 1. The zero-order valence-corrected chi connectivity index (χ0v) is 15.1. The molecular weight excluding hydrogens is 348 g/mol. The van der Waals surface area contributed by atoms with Crippen LogP contribution in [0.5, 0.6) is 5.75 Å². The molecule has 0 radical (unpaired) electrons. The van der Waals surface area contributed by atoms with Crippen molar-refractivity contribution in [1.82, 2.24) is 15.2 Å². The fraction of sp³-hybridized carbons (Fsp3) is 0.412. The van der Waals surface area contributed by atoms with Gasteiger partial charge in [0, 0.05) is 17.0 Å². The van der Waals surface area contributed by atoms with Gasteiger partial charge in [-0.3, -0.25) is 9.69 Å². The minimum absolute atomic E-state index is 0.0242. The van der Waals surface area contributed by atoms with Crippen LogP contribution in [0.2, 0.25) is 0 Å². The van der Waals surface area contributed by atoms with E-state index in [2.05, 4.69) is 15.0 Å². The number of ether oxygens (including phenoxy) is 1. The van der Waals surface area contributed by atoms with Crippen LogP contribution in [0, 0.1) is 0 Å². The number of alkyl halides is 2. The Morgan fingerprint density at radius 2 is 2.00 bits per heavy atom. The molecule has 1 heterocycles. The molecule has 8 heteroatoms. The summed E-state index contributed by atoms with van der Waals surface area (Å²) in [5, 5.41) is 5.63. The van der Waals surface area contributed by atoms with E-state index in [-0.39, 0.29) is 17.7 Å². The summed E-state index contributed by atoms with van der Waals surface area (Å²) in [6.07, 6.45) is 0. The van der Waals surface area contributed by atoms with Crippen LogP contribution in [0.3, 0.4) is 0 Å². The third-order valence-electron chi connectivity index (χ3n) is 3.20. The van der Waals surface area contributed by atoms with Gasteiger partial charge in [0.2, 0.25) is 5.91 Å². The van der Waals surface area contributed by atoms with Gasteiger partial charge in [0.15, 0.2) is 0 Å². The van der Waals surface area contributed by atoms with Crippen molar-refractivity contribution in [3.05, 3.63) is 34.7 Å². The number of halogens is 2. The van der Waals surface area contributed by atoms with Gasteiger partial charge >= 0.3 is 6.61 Å². The van der Waals surface area contributed by atoms with Crippen molar-refractivity contribution < 1.29 is 18.3 Å². The Bertz CT molecular complexity index is 689. The molecule has 25 heavy (non-hydrogen) atoms. The monoisotopic (exact) mass is 369 g/mol. The highest BCUT2D eigenvalue weighted by Gasteiger charge is 2.11. The van der Waals surface area contributed by atoms with E-state index < -0.39 is 6.61 Å². The third-order valence-corrected chi connectivity index (χ3v) is 4.03. The van der Waals surface area contributed by atoms with Crippen LogP contribution >= 0.6 is 11.3 Å². The number of thiazole rings is 1. The predicted molar refractivity (Wildman–Crippen MR) is 93.8 cm³/mol. The summed E-state index contributed by atoms with van der Waals surface area (Å²) in [5.41, 5.74) is 1.59. The number of hydrogen-bond acceptors (Lipinski definition) is 5. The quantitative estimate of drug-likeness (QED) is 0.775. The normalized spacial score (nSPS) is 11.4. The van der Waals surface area contributed by atoms with E-state index in [0.29, 0.717) is 13.1 Å². The van der Waals surface area contributed by atoms with E-state index >= 15 is 0 Å². The summed E-state index contributed by atoms with van der Waals surface area (Å²) in [5.74, 6) is 0.0917. The summed E-state index contributed by atoms with van der Waals surface area (Å²) >= 11 is 1.49. The molecule has 2 rings (SSSR count). The highest BCUT2D eigenvalue weighted by Crippen LogP contribution is 2.25.